The molecule has 0 aliphatic carbocycles. The number of rotatable bonds is 6. The molecule has 0 atom stereocenters. The van der Waals surface area contributed by atoms with Crippen LogP contribution in [0.15, 0.2) is 101 Å². The number of fused-ring (bicyclic) bond motifs is 1. The Bertz CT molecular complexity index is 1530. The molecule has 0 amide bonds. The molecular weight excluding hydrogens is 474 g/mol. The Kier molecular flexibility index (Phi) is 6.59. The predicted octanol–water partition coefficient (Wildman–Crippen LogP) is 8.66. The molecule has 5 aromatic rings. The molecule has 4 nitrogen and oxygen atoms in total. The Balaban J connectivity index is 1.62. The summed E-state index contributed by atoms with van der Waals surface area (Å²) in [5.41, 5.74) is 5.11. The zero-order chi connectivity index (χ0) is 26.2. The van der Waals surface area contributed by atoms with Gasteiger partial charge in [0.15, 0.2) is 5.75 Å². The van der Waals surface area contributed by atoms with Crippen LogP contribution in [0.25, 0.3) is 27.8 Å². The van der Waals surface area contributed by atoms with Gasteiger partial charge < -0.3 is 5.11 Å². The fraction of sp³-hybridized carbons (Fsp3) is 0.250. The van der Waals surface area contributed by atoms with Crippen molar-refractivity contribution in [3.63, 3.8) is 0 Å². The molecule has 1 N–H and O–H groups in total. The number of hydrogen-bond donors (Lipinski definition) is 1. The lowest BCUT2D eigenvalue weighted by Gasteiger charge is -2.33. The first-order chi connectivity index (χ1) is 17.6. The van der Waals surface area contributed by atoms with E-state index in [1.165, 1.54) is 4.90 Å². The van der Waals surface area contributed by atoms with Crippen LogP contribution in [-0.2, 0) is 5.41 Å². The van der Waals surface area contributed by atoms with Crippen LogP contribution < -0.4 is 0 Å². The van der Waals surface area contributed by atoms with Crippen molar-refractivity contribution >= 4 is 22.8 Å². The van der Waals surface area contributed by atoms with Gasteiger partial charge in [-0.25, -0.2) is 0 Å². The van der Waals surface area contributed by atoms with Crippen LogP contribution in [0, 0.1) is 5.41 Å². The highest BCUT2D eigenvalue weighted by Crippen LogP contribution is 2.42. The van der Waals surface area contributed by atoms with Gasteiger partial charge in [-0.05, 0) is 70.8 Å². The Morgan fingerprint density at radius 3 is 2.05 bits per heavy atom. The quantitative estimate of drug-likeness (QED) is 0.250. The minimum atomic E-state index is -0.115. The smallest absolute Gasteiger partial charge is 0.150 e. The summed E-state index contributed by atoms with van der Waals surface area (Å²) < 4.78 is 0. The molecule has 0 bridgehead atoms. The van der Waals surface area contributed by atoms with E-state index in [0.29, 0.717) is 5.69 Å². The van der Waals surface area contributed by atoms with Gasteiger partial charge in [0.2, 0.25) is 0 Å². The van der Waals surface area contributed by atoms with E-state index in [4.69, 9.17) is 10.2 Å². The topological polar surface area (TPSA) is 50.9 Å². The molecule has 37 heavy (non-hydrogen) atoms. The van der Waals surface area contributed by atoms with Gasteiger partial charge in [0.25, 0.3) is 0 Å². The highest BCUT2D eigenvalue weighted by atomic mass is 32.2. The fourth-order valence-electron chi connectivity index (χ4n) is 5.12. The Hall–Kier alpha value is -3.57. The molecule has 0 unspecified atom stereocenters. The van der Waals surface area contributed by atoms with Crippen molar-refractivity contribution in [2.45, 2.75) is 56.2 Å². The first kappa shape index (κ1) is 25.1. The molecule has 0 saturated carbocycles. The lowest BCUT2D eigenvalue weighted by Crippen LogP contribution is -2.25. The van der Waals surface area contributed by atoms with Gasteiger partial charge in [-0.2, -0.15) is 0 Å². The summed E-state index contributed by atoms with van der Waals surface area (Å²) >= 11 is 1.70. The first-order valence-electron chi connectivity index (χ1n) is 12.6. The monoisotopic (exact) mass is 507 g/mol. The third kappa shape index (κ3) is 5.57. The molecule has 0 spiro atoms. The Morgan fingerprint density at radius 1 is 0.730 bits per heavy atom. The van der Waals surface area contributed by atoms with Gasteiger partial charge in [0.1, 0.15) is 16.7 Å². The highest BCUT2D eigenvalue weighted by molar-refractivity contribution is 7.99. The summed E-state index contributed by atoms with van der Waals surface area (Å²) in [4.78, 5) is 3.85. The third-order valence-electron chi connectivity index (χ3n) is 6.47. The summed E-state index contributed by atoms with van der Waals surface area (Å²) in [5, 5.41) is 21.1. The second-order valence-electron chi connectivity index (χ2n) is 11.4. The molecule has 188 valence electrons. The second kappa shape index (κ2) is 9.71. The van der Waals surface area contributed by atoms with E-state index in [0.717, 1.165) is 39.0 Å². The van der Waals surface area contributed by atoms with Gasteiger partial charge >= 0.3 is 0 Å². The summed E-state index contributed by atoms with van der Waals surface area (Å²) in [6, 6.07) is 30.6. The van der Waals surface area contributed by atoms with Gasteiger partial charge in [-0.3, -0.25) is 0 Å². The normalized spacial score (nSPS) is 12.2. The van der Waals surface area contributed by atoms with Crippen LogP contribution in [-0.4, -0.2) is 20.1 Å². The average molecular weight is 508 g/mol. The lowest BCUT2D eigenvalue weighted by atomic mass is 9.72. The van der Waals surface area contributed by atoms with Gasteiger partial charge in [0, 0.05) is 15.4 Å². The second-order valence-corrected chi connectivity index (χ2v) is 12.6. The van der Waals surface area contributed by atoms with Crippen molar-refractivity contribution in [1.29, 1.82) is 0 Å². The zero-order valence-electron chi connectivity index (χ0n) is 22.1. The maximum Gasteiger partial charge on any atom is 0.150 e. The largest absolute Gasteiger partial charge is 0.505 e. The van der Waals surface area contributed by atoms with E-state index in [9.17, 15) is 5.11 Å². The standard InChI is InChI=1S/C32H33N3OS/c1-31(2,3)21-32(4,5)23-18-26(22-12-8-6-9-13-22)30(36)29(19-23)35-33-27-17-16-25(20-28(27)34-35)37-24-14-10-7-11-15-24/h6-20,36H,21H2,1-5H3. The molecule has 0 aliphatic heterocycles. The van der Waals surface area contributed by atoms with Crippen molar-refractivity contribution in [3.05, 3.63) is 96.6 Å². The van der Waals surface area contributed by atoms with Crippen molar-refractivity contribution < 1.29 is 5.11 Å². The molecule has 0 saturated heterocycles. The fourth-order valence-corrected chi connectivity index (χ4v) is 5.99. The Morgan fingerprint density at radius 2 is 1.38 bits per heavy atom. The van der Waals surface area contributed by atoms with Crippen molar-refractivity contribution in [3.8, 4) is 22.6 Å². The molecule has 0 fully saturated rings. The van der Waals surface area contributed by atoms with E-state index < -0.39 is 0 Å². The van der Waals surface area contributed by atoms with Crippen LogP contribution in [0.1, 0.15) is 46.6 Å². The average Bonchev–Trinajstić information content (AvgIpc) is 3.27. The Labute approximate surface area is 223 Å². The maximum atomic E-state index is 11.5. The minimum absolute atomic E-state index is 0.115. The highest BCUT2D eigenvalue weighted by Gasteiger charge is 2.29. The number of aromatic nitrogens is 3. The van der Waals surface area contributed by atoms with Crippen LogP contribution in [0.2, 0.25) is 0 Å². The van der Waals surface area contributed by atoms with E-state index in [1.54, 1.807) is 16.6 Å². The maximum absolute atomic E-state index is 11.5. The molecule has 5 rings (SSSR count). The molecule has 0 aliphatic rings. The SMILES string of the molecule is CC(C)(C)CC(C)(C)c1cc(-c2ccccc2)c(O)c(-n2nc3ccc(Sc4ccccc4)cc3n2)c1. The van der Waals surface area contributed by atoms with Crippen LogP contribution in [0.4, 0.5) is 0 Å². The van der Waals surface area contributed by atoms with Crippen LogP contribution in [0.3, 0.4) is 0 Å². The van der Waals surface area contributed by atoms with Crippen molar-refractivity contribution in [1.82, 2.24) is 15.0 Å². The van der Waals surface area contributed by atoms with Gasteiger partial charge in [0.05, 0.1) is 0 Å². The minimum Gasteiger partial charge on any atom is -0.505 e. The number of phenols is 1. The molecular formula is C32H33N3OS. The van der Waals surface area contributed by atoms with Gasteiger partial charge in [-0.1, -0.05) is 94.9 Å². The molecule has 4 aromatic carbocycles. The summed E-state index contributed by atoms with van der Waals surface area (Å²) in [7, 11) is 0. The third-order valence-corrected chi connectivity index (χ3v) is 7.47. The van der Waals surface area contributed by atoms with Crippen LogP contribution in [0.5, 0.6) is 5.75 Å². The number of phenolic OH excluding ortho intramolecular Hbond substituents is 1. The van der Waals surface area contributed by atoms with Crippen LogP contribution >= 0.6 is 11.8 Å². The predicted molar refractivity (Wildman–Crippen MR) is 154 cm³/mol. The van der Waals surface area contributed by atoms with Gasteiger partial charge in [-0.15, -0.1) is 15.0 Å². The summed E-state index contributed by atoms with van der Waals surface area (Å²) in [6.45, 7) is 11.3. The lowest BCUT2D eigenvalue weighted by molar-refractivity contribution is 0.284. The van der Waals surface area contributed by atoms with E-state index in [1.807, 2.05) is 60.7 Å². The molecule has 1 aromatic heterocycles. The summed E-state index contributed by atoms with van der Waals surface area (Å²) in [5.74, 6) is 0.181. The molecule has 1 heterocycles. The van der Waals surface area contributed by atoms with Crippen molar-refractivity contribution in [2.24, 2.45) is 5.41 Å². The summed E-state index contributed by atoms with van der Waals surface area (Å²) in [6.07, 6.45) is 0.993. The van der Waals surface area contributed by atoms with E-state index >= 15 is 0 Å². The number of nitrogens with zero attached hydrogens (tertiary/aromatic N) is 3. The number of benzene rings is 4. The van der Waals surface area contributed by atoms with E-state index in [-0.39, 0.29) is 16.6 Å². The molecule has 0 radical (unpaired) electrons. The number of aromatic hydroxyl groups is 1. The first-order valence-corrected chi connectivity index (χ1v) is 13.4. The molecule has 5 heteroatoms. The van der Waals surface area contributed by atoms with Crippen molar-refractivity contribution in [2.75, 3.05) is 0 Å². The van der Waals surface area contributed by atoms with E-state index in [2.05, 4.69) is 65.0 Å². The zero-order valence-corrected chi connectivity index (χ0v) is 22.9. The number of hydrogen-bond acceptors (Lipinski definition) is 4.